The van der Waals surface area contributed by atoms with Crippen LogP contribution in [0.2, 0.25) is 0 Å². The van der Waals surface area contributed by atoms with E-state index in [0.717, 1.165) is 10.1 Å². The van der Waals surface area contributed by atoms with Crippen molar-refractivity contribution in [1.82, 2.24) is 14.1 Å². The molecule has 0 radical (unpaired) electrons. The van der Waals surface area contributed by atoms with Gasteiger partial charge in [0.15, 0.2) is 17.2 Å². The second kappa shape index (κ2) is 8.31. The number of hydrogen-bond acceptors (Lipinski definition) is 8. The van der Waals surface area contributed by atoms with Crippen molar-refractivity contribution in [1.29, 1.82) is 0 Å². The van der Waals surface area contributed by atoms with Gasteiger partial charge in [-0.2, -0.15) is 0 Å². The summed E-state index contributed by atoms with van der Waals surface area (Å²) in [6.07, 6.45) is 0. The smallest absolute Gasteiger partial charge is 0.358 e. The van der Waals surface area contributed by atoms with Gasteiger partial charge in [-0.05, 0) is 18.2 Å². The van der Waals surface area contributed by atoms with Crippen LogP contribution in [0.15, 0.2) is 39.2 Å². The van der Waals surface area contributed by atoms with E-state index in [2.05, 4.69) is 4.98 Å². The molecular formula is C19H19N3O6S. The Morgan fingerprint density at radius 1 is 1.07 bits per heavy atom. The Labute approximate surface area is 169 Å². The first-order chi connectivity index (χ1) is 13.8. The largest absolute Gasteiger partial charge is 0.493 e. The molecule has 0 aliphatic rings. The van der Waals surface area contributed by atoms with Crippen molar-refractivity contribution in [2.75, 3.05) is 14.2 Å². The van der Waals surface area contributed by atoms with Crippen LogP contribution in [0, 0.1) is 0 Å². The van der Waals surface area contributed by atoms with Crippen LogP contribution in [-0.4, -0.2) is 34.3 Å². The Balaban J connectivity index is 1.77. The number of carbonyl (C=O) groups excluding carboxylic acids is 1. The fourth-order valence-corrected chi connectivity index (χ4v) is 3.39. The highest BCUT2D eigenvalue weighted by atomic mass is 32.1. The van der Waals surface area contributed by atoms with E-state index in [4.69, 9.17) is 14.2 Å². The van der Waals surface area contributed by atoms with Crippen molar-refractivity contribution in [2.24, 2.45) is 14.1 Å². The van der Waals surface area contributed by atoms with Gasteiger partial charge in [0.25, 0.3) is 5.56 Å². The molecule has 0 unspecified atom stereocenters. The van der Waals surface area contributed by atoms with Gasteiger partial charge in [0.2, 0.25) is 0 Å². The topological polar surface area (TPSA) is 102 Å². The predicted molar refractivity (Wildman–Crippen MR) is 107 cm³/mol. The maximum Gasteiger partial charge on any atom is 0.358 e. The molecule has 0 atom stereocenters. The van der Waals surface area contributed by atoms with Crippen molar-refractivity contribution in [3.8, 4) is 22.1 Å². The highest BCUT2D eigenvalue weighted by Gasteiger charge is 2.16. The average Bonchev–Trinajstić information content (AvgIpc) is 3.23. The molecule has 0 spiro atoms. The molecule has 0 saturated carbocycles. The maximum atomic E-state index is 12.3. The molecule has 29 heavy (non-hydrogen) atoms. The van der Waals surface area contributed by atoms with E-state index in [-0.39, 0.29) is 12.3 Å². The van der Waals surface area contributed by atoms with Gasteiger partial charge in [-0.15, -0.1) is 11.3 Å². The molecule has 0 aliphatic carbocycles. The highest BCUT2D eigenvalue weighted by molar-refractivity contribution is 7.13. The fraction of sp³-hybridized carbons (Fsp3) is 0.263. The van der Waals surface area contributed by atoms with E-state index in [1.165, 1.54) is 43.2 Å². The molecule has 0 fully saturated rings. The minimum Gasteiger partial charge on any atom is -0.493 e. The summed E-state index contributed by atoms with van der Waals surface area (Å²) in [6, 6.07) is 6.59. The number of ether oxygens (including phenoxy) is 3. The van der Waals surface area contributed by atoms with Crippen LogP contribution in [0.3, 0.4) is 0 Å². The van der Waals surface area contributed by atoms with Crippen LogP contribution in [0.25, 0.3) is 10.6 Å². The Hall–Kier alpha value is -3.40. The first-order valence-corrected chi connectivity index (χ1v) is 9.34. The summed E-state index contributed by atoms with van der Waals surface area (Å²) >= 11 is 1.28. The number of thiazole rings is 1. The predicted octanol–water partition coefficient (Wildman–Crippen LogP) is 1.58. The van der Waals surface area contributed by atoms with Crippen molar-refractivity contribution in [3.63, 3.8) is 0 Å². The number of carbonyl (C=O) groups is 1. The number of hydrogen-bond donors (Lipinski definition) is 0. The summed E-state index contributed by atoms with van der Waals surface area (Å²) in [7, 11) is 5.97. The van der Waals surface area contributed by atoms with E-state index in [0.29, 0.717) is 22.2 Å². The van der Waals surface area contributed by atoms with Gasteiger partial charge in [-0.25, -0.2) is 14.6 Å². The van der Waals surface area contributed by atoms with Crippen molar-refractivity contribution >= 4 is 17.3 Å². The van der Waals surface area contributed by atoms with Crippen molar-refractivity contribution < 1.29 is 19.0 Å². The summed E-state index contributed by atoms with van der Waals surface area (Å²) < 4.78 is 18.0. The molecule has 2 heterocycles. The summed E-state index contributed by atoms with van der Waals surface area (Å²) in [5, 5.41) is 2.19. The second-order valence-corrected chi connectivity index (χ2v) is 6.92. The zero-order valence-electron chi connectivity index (χ0n) is 16.3. The number of nitrogens with zero attached hydrogens (tertiary/aromatic N) is 3. The lowest BCUT2D eigenvalue weighted by Gasteiger charge is -2.09. The van der Waals surface area contributed by atoms with Crippen LogP contribution in [0.1, 0.15) is 16.2 Å². The van der Waals surface area contributed by atoms with Gasteiger partial charge in [0.05, 0.1) is 19.9 Å². The van der Waals surface area contributed by atoms with E-state index < -0.39 is 17.2 Å². The minimum atomic E-state index is -0.652. The molecule has 0 bridgehead atoms. The Morgan fingerprint density at radius 2 is 1.79 bits per heavy atom. The summed E-state index contributed by atoms with van der Waals surface area (Å²) in [5.41, 5.74) is 0.229. The lowest BCUT2D eigenvalue weighted by Crippen LogP contribution is -2.38. The summed E-state index contributed by atoms with van der Waals surface area (Å²) in [6.45, 7) is -0.218. The van der Waals surface area contributed by atoms with Gasteiger partial charge in [0.1, 0.15) is 11.6 Å². The Bertz CT molecular complexity index is 1180. The summed E-state index contributed by atoms with van der Waals surface area (Å²) in [5.74, 6) is 0.490. The van der Waals surface area contributed by atoms with E-state index in [9.17, 15) is 14.4 Å². The number of aromatic nitrogens is 3. The molecule has 3 aromatic rings. The molecule has 152 valence electrons. The third kappa shape index (κ3) is 4.06. The third-order valence-electron chi connectivity index (χ3n) is 4.32. The zero-order chi connectivity index (χ0) is 21.1. The van der Waals surface area contributed by atoms with Crippen LogP contribution in [0.5, 0.6) is 11.5 Å². The number of methoxy groups -OCH3 is 2. The molecule has 1 aromatic carbocycles. The molecule has 3 rings (SSSR count). The number of benzene rings is 1. The van der Waals surface area contributed by atoms with Crippen LogP contribution in [-0.2, 0) is 25.4 Å². The quantitative estimate of drug-likeness (QED) is 0.561. The molecule has 9 nitrogen and oxygen atoms in total. The molecular weight excluding hydrogens is 398 g/mol. The highest BCUT2D eigenvalue weighted by Crippen LogP contribution is 2.33. The minimum absolute atomic E-state index is 0.133. The standard InChI is InChI=1S/C19H19N3O6S/c1-21-12(8-16(23)22(2)19(21)25)9-28-18(24)13-10-29-17(20-13)11-5-6-14(26-3)15(7-11)27-4/h5-8,10H,9H2,1-4H3. The average molecular weight is 417 g/mol. The van der Waals surface area contributed by atoms with E-state index in [1.54, 1.807) is 24.6 Å². The first kappa shape index (κ1) is 20.3. The fourth-order valence-electron chi connectivity index (χ4n) is 2.60. The second-order valence-electron chi connectivity index (χ2n) is 6.06. The van der Waals surface area contributed by atoms with Crippen LogP contribution < -0.4 is 20.7 Å². The molecule has 0 saturated heterocycles. The van der Waals surface area contributed by atoms with Gasteiger partial charge < -0.3 is 14.2 Å². The maximum absolute atomic E-state index is 12.3. The molecule has 10 heteroatoms. The molecule has 0 amide bonds. The van der Waals surface area contributed by atoms with Crippen LogP contribution in [0.4, 0.5) is 0 Å². The Kier molecular flexibility index (Phi) is 5.83. The lowest BCUT2D eigenvalue weighted by atomic mass is 10.2. The number of rotatable bonds is 6. The molecule has 2 aromatic heterocycles. The monoisotopic (exact) mass is 417 g/mol. The van der Waals surface area contributed by atoms with Crippen molar-refractivity contribution in [3.05, 3.63) is 61.9 Å². The van der Waals surface area contributed by atoms with Crippen molar-refractivity contribution in [2.45, 2.75) is 6.61 Å². The number of esters is 1. The molecule has 0 aliphatic heterocycles. The zero-order valence-corrected chi connectivity index (χ0v) is 17.1. The van der Waals surface area contributed by atoms with Crippen LogP contribution >= 0.6 is 11.3 Å². The van der Waals surface area contributed by atoms with Gasteiger partial charge in [-0.3, -0.25) is 13.9 Å². The third-order valence-corrected chi connectivity index (χ3v) is 5.21. The van der Waals surface area contributed by atoms with E-state index in [1.807, 2.05) is 6.07 Å². The summed E-state index contributed by atoms with van der Waals surface area (Å²) in [4.78, 5) is 40.4. The molecule has 0 N–H and O–H groups in total. The van der Waals surface area contributed by atoms with Gasteiger partial charge in [0, 0.05) is 31.1 Å². The lowest BCUT2D eigenvalue weighted by molar-refractivity contribution is 0.0456. The first-order valence-electron chi connectivity index (χ1n) is 8.46. The normalized spacial score (nSPS) is 10.6. The van der Waals surface area contributed by atoms with Gasteiger partial charge in [-0.1, -0.05) is 0 Å². The Morgan fingerprint density at radius 3 is 2.48 bits per heavy atom. The van der Waals surface area contributed by atoms with E-state index >= 15 is 0 Å². The SMILES string of the molecule is COc1ccc(-c2nc(C(=O)OCc3cc(=O)n(C)c(=O)n3C)cs2)cc1OC. The van der Waals surface area contributed by atoms with Gasteiger partial charge >= 0.3 is 11.7 Å².